The highest BCUT2D eigenvalue weighted by atomic mass is 32.1. The Kier molecular flexibility index (Phi) is 5.21. The number of ether oxygens (including phenoxy) is 1. The van der Waals surface area contributed by atoms with Crippen molar-refractivity contribution >= 4 is 22.4 Å². The minimum Gasteiger partial charge on any atom is -0.496 e. The molecule has 2 aromatic rings. The lowest BCUT2D eigenvalue weighted by molar-refractivity contribution is 0.102. The Bertz CT molecular complexity index is 630. The second kappa shape index (κ2) is 7.12. The smallest absolute Gasteiger partial charge is 0.261 e. The summed E-state index contributed by atoms with van der Waals surface area (Å²) in [5.41, 5.74) is 0.128. The largest absolute Gasteiger partial charge is 0.496 e. The van der Waals surface area contributed by atoms with Crippen molar-refractivity contribution < 1.29 is 13.9 Å². The van der Waals surface area contributed by atoms with Crippen LogP contribution in [-0.4, -0.2) is 23.2 Å². The first-order valence-electron chi connectivity index (χ1n) is 6.61. The number of amides is 1. The van der Waals surface area contributed by atoms with Gasteiger partial charge in [-0.3, -0.25) is 10.1 Å². The van der Waals surface area contributed by atoms with E-state index in [-0.39, 0.29) is 5.56 Å². The van der Waals surface area contributed by atoms with Crippen molar-refractivity contribution in [2.75, 3.05) is 12.4 Å². The van der Waals surface area contributed by atoms with Gasteiger partial charge in [0.15, 0.2) is 0 Å². The van der Waals surface area contributed by atoms with E-state index in [1.54, 1.807) is 0 Å². The minimum absolute atomic E-state index is 0.128. The summed E-state index contributed by atoms with van der Waals surface area (Å²) in [6.45, 7) is 2.10. The van der Waals surface area contributed by atoms with Crippen molar-refractivity contribution in [1.29, 1.82) is 0 Å². The zero-order valence-electron chi connectivity index (χ0n) is 11.9. The Morgan fingerprint density at radius 3 is 2.95 bits per heavy atom. The summed E-state index contributed by atoms with van der Waals surface area (Å²) in [6, 6.07) is 3.79. The number of anilines is 1. The number of aromatic nitrogens is 2. The molecule has 2 rings (SSSR count). The molecule has 7 heteroatoms. The van der Waals surface area contributed by atoms with Crippen molar-refractivity contribution in [1.82, 2.24) is 10.2 Å². The van der Waals surface area contributed by atoms with Crippen molar-refractivity contribution in [2.24, 2.45) is 0 Å². The van der Waals surface area contributed by atoms with E-state index in [2.05, 4.69) is 22.4 Å². The zero-order valence-corrected chi connectivity index (χ0v) is 12.7. The molecule has 0 saturated carbocycles. The maximum atomic E-state index is 13.3. The summed E-state index contributed by atoms with van der Waals surface area (Å²) in [5.74, 6) is -0.656. The van der Waals surface area contributed by atoms with Crippen molar-refractivity contribution in [3.63, 3.8) is 0 Å². The Morgan fingerprint density at radius 1 is 1.43 bits per heavy atom. The van der Waals surface area contributed by atoms with Crippen LogP contribution in [0.5, 0.6) is 5.75 Å². The van der Waals surface area contributed by atoms with E-state index in [1.165, 1.54) is 30.6 Å². The van der Waals surface area contributed by atoms with Gasteiger partial charge in [0, 0.05) is 6.42 Å². The summed E-state index contributed by atoms with van der Waals surface area (Å²) < 4.78 is 18.3. The van der Waals surface area contributed by atoms with E-state index in [4.69, 9.17) is 4.74 Å². The van der Waals surface area contributed by atoms with Gasteiger partial charge in [0.05, 0.1) is 12.7 Å². The molecule has 0 fully saturated rings. The van der Waals surface area contributed by atoms with Gasteiger partial charge in [-0.05, 0) is 24.6 Å². The standard InChI is InChI=1S/C14H16FN3O2S/c1-3-4-5-12-17-18-14(21-12)16-13(19)10-8-9(15)6-7-11(10)20-2/h6-8H,3-5H2,1-2H3,(H,16,18,19). The molecule has 1 amide bonds. The molecule has 112 valence electrons. The normalized spacial score (nSPS) is 10.4. The first kappa shape index (κ1) is 15.4. The van der Waals surface area contributed by atoms with Crippen molar-refractivity contribution in [3.05, 3.63) is 34.6 Å². The molecule has 1 heterocycles. The lowest BCUT2D eigenvalue weighted by atomic mass is 10.2. The predicted molar refractivity (Wildman–Crippen MR) is 79.4 cm³/mol. The molecule has 21 heavy (non-hydrogen) atoms. The van der Waals surface area contributed by atoms with Crippen LogP contribution >= 0.6 is 11.3 Å². The number of unbranched alkanes of at least 4 members (excludes halogenated alkanes) is 1. The highest BCUT2D eigenvalue weighted by Gasteiger charge is 2.15. The third kappa shape index (κ3) is 3.98. The fraction of sp³-hybridized carbons (Fsp3) is 0.357. The van der Waals surface area contributed by atoms with Gasteiger partial charge in [-0.25, -0.2) is 4.39 Å². The van der Waals surface area contributed by atoms with Crippen LogP contribution in [0.2, 0.25) is 0 Å². The van der Waals surface area contributed by atoms with Crippen LogP contribution in [-0.2, 0) is 6.42 Å². The van der Waals surface area contributed by atoms with Crippen LogP contribution < -0.4 is 10.1 Å². The average molecular weight is 309 g/mol. The first-order chi connectivity index (χ1) is 10.1. The Labute approximate surface area is 126 Å². The number of methoxy groups -OCH3 is 1. The number of carbonyl (C=O) groups is 1. The minimum atomic E-state index is -0.498. The van der Waals surface area contributed by atoms with Gasteiger partial charge in [-0.15, -0.1) is 10.2 Å². The molecule has 0 aliphatic heterocycles. The van der Waals surface area contributed by atoms with Gasteiger partial charge in [-0.1, -0.05) is 24.7 Å². The van der Waals surface area contributed by atoms with E-state index in [1.807, 2.05) is 0 Å². The van der Waals surface area contributed by atoms with Crippen LogP contribution in [0, 0.1) is 5.82 Å². The van der Waals surface area contributed by atoms with Crippen LogP contribution in [0.1, 0.15) is 35.1 Å². The molecule has 1 aromatic carbocycles. The van der Waals surface area contributed by atoms with Gasteiger partial charge in [0.2, 0.25) is 5.13 Å². The highest BCUT2D eigenvalue weighted by Crippen LogP contribution is 2.22. The number of carbonyl (C=O) groups excluding carboxylic acids is 1. The predicted octanol–water partition coefficient (Wildman–Crippen LogP) is 3.28. The molecule has 0 atom stereocenters. The number of nitrogens with zero attached hydrogens (tertiary/aromatic N) is 2. The van der Waals surface area contributed by atoms with Crippen molar-refractivity contribution in [2.45, 2.75) is 26.2 Å². The molecule has 1 aromatic heterocycles. The Hall–Kier alpha value is -2.02. The number of halogens is 1. The Morgan fingerprint density at radius 2 is 2.24 bits per heavy atom. The molecule has 0 unspecified atom stereocenters. The van der Waals surface area contributed by atoms with Gasteiger partial charge in [-0.2, -0.15) is 0 Å². The van der Waals surface area contributed by atoms with Gasteiger partial charge < -0.3 is 4.74 Å². The third-order valence-corrected chi connectivity index (χ3v) is 3.74. The number of hydrogen-bond donors (Lipinski definition) is 1. The fourth-order valence-corrected chi connectivity index (χ4v) is 2.53. The SMILES string of the molecule is CCCCc1nnc(NC(=O)c2cc(F)ccc2OC)s1. The first-order valence-corrected chi connectivity index (χ1v) is 7.43. The van der Waals surface area contributed by atoms with E-state index in [0.29, 0.717) is 10.9 Å². The van der Waals surface area contributed by atoms with Gasteiger partial charge in [0.25, 0.3) is 5.91 Å². The monoisotopic (exact) mass is 309 g/mol. The lowest BCUT2D eigenvalue weighted by Crippen LogP contribution is -2.13. The summed E-state index contributed by atoms with van der Waals surface area (Å²) in [5, 5.41) is 11.8. The maximum Gasteiger partial charge on any atom is 0.261 e. The lowest BCUT2D eigenvalue weighted by Gasteiger charge is -2.07. The summed E-state index contributed by atoms with van der Waals surface area (Å²) in [4.78, 5) is 12.2. The third-order valence-electron chi connectivity index (χ3n) is 2.84. The second-order valence-corrected chi connectivity index (χ2v) is 5.47. The molecule has 0 spiro atoms. The highest BCUT2D eigenvalue weighted by molar-refractivity contribution is 7.15. The molecule has 5 nitrogen and oxygen atoms in total. The van der Waals surface area contributed by atoms with Crippen LogP contribution in [0.4, 0.5) is 9.52 Å². The fourth-order valence-electron chi connectivity index (χ4n) is 1.76. The number of aryl methyl sites for hydroxylation is 1. The van der Waals surface area contributed by atoms with Crippen LogP contribution in [0.15, 0.2) is 18.2 Å². The number of benzene rings is 1. The molecule has 0 aliphatic rings. The zero-order chi connectivity index (χ0) is 15.2. The molecule has 0 aliphatic carbocycles. The summed E-state index contributed by atoms with van der Waals surface area (Å²) in [6.07, 6.45) is 2.94. The van der Waals surface area contributed by atoms with E-state index in [0.717, 1.165) is 30.3 Å². The number of rotatable bonds is 6. The number of hydrogen-bond acceptors (Lipinski definition) is 5. The Balaban J connectivity index is 2.10. The van der Waals surface area contributed by atoms with Gasteiger partial charge in [0.1, 0.15) is 16.6 Å². The molecular weight excluding hydrogens is 293 g/mol. The number of nitrogens with one attached hydrogen (secondary N) is 1. The summed E-state index contributed by atoms with van der Waals surface area (Å²) in [7, 11) is 1.43. The molecular formula is C14H16FN3O2S. The molecule has 0 saturated heterocycles. The van der Waals surface area contributed by atoms with Crippen LogP contribution in [0.25, 0.3) is 0 Å². The quantitative estimate of drug-likeness (QED) is 0.889. The maximum absolute atomic E-state index is 13.3. The average Bonchev–Trinajstić information content (AvgIpc) is 2.92. The van der Waals surface area contributed by atoms with Gasteiger partial charge >= 0.3 is 0 Å². The van der Waals surface area contributed by atoms with E-state index >= 15 is 0 Å². The molecule has 0 bridgehead atoms. The summed E-state index contributed by atoms with van der Waals surface area (Å²) >= 11 is 1.32. The molecule has 1 N–H and O–H groups in total. The van der Waals surface area contributed by atoms with E-state index < -0.39 is 11.7 Å². The second-order valence-electron chi connectivity index (χ2n) is 4.40. The van der Waals surface area contributed by atoms with Crippen molar-refractivity contribution in [3.8, 4) is 5.75 Å². The topological polar surface area (TPSA) is 64.1 Å². The van der Waals surface area contributed by atoms with E-state index in [9.17, 15) is 9.18 Å². The van der Waals surface area contributed by atoms with Crippen LogP contribution in [0.3, 0.4) is 0 Å². The molecule has 0 radical (unpaired) electrons.